The zero-order chi connectivity index (χ0) is 14.8. The molecule has 0 saturated carbocycles. The summed E-state index contributed by atoms with van der Waals surface area (Å²) in [6.07, 6.45) is 0.961. The van der Waals surface area contributed by atoms with Gasteiger partial charge in [-0.1, -0.05) is 0 Å². The third-order valence-corrected chi connectivity index (χ3v) is 3.70. The van der Waals surface area contributed by atoms with Gasteiger partial charge in [0.25, 0.3) is 5.91 Å². The van der Waals surface area contributed by atoms with Crippen LogP contribution in [0, 0.1) is 0 Å². The fraction of sp³-hybridized carbons (Fsp3) is 0.385. The van der Waals surface area contributed by atoms with Crippen molar-refractivity contribution in [3.05, 3.63) is 36.2 Å². The number of hydrogen-bond donors (Lipinski definition) is 2. The molecule has 0 unspecified atom stereocenters. The Labute approximate surface area is 121 Å². The number of hydrogen-bond acceptors (Lipinski definition) is 6. The highest BCUT2D eigenvalue weighted by molar-refractivity contribution is 5.94. The summed E-state index contributed by atoms with van der Waals surface area (Å²) in [6.45, 7) is 1.12. The van der Waals surface area contributed by atoms with Crippen molar-refractivity contribution in [2.24, 2.45) is 0 Å². The van der Waals surface area contributed by atoms with Crippen LogP contribution in [0.5, 0.6) is 0 Å². The normalized spacial score (nSPS) is 21.4. The van der Waals surface area contributed by atoms with Gasteiger partial charge < -0.3 is 15.3 Å². The van der Waals surface area contributed by atoms with Crippen molar-refractivity contribution in [3.8, 4) is 5.69 Å². The molecule has 0 aliphatic carbocycles. The molecule has 1 aliphatic rings. The van der Waals surface area contributed by atoms with Gasteiger partial charge in [0.15, 0.2) is 0 Å². The average molecular weight is 288 g/mol. The molecule has 1 aromatic heterocycles. The van der Waals surface area contributed by atoms with Crippen LogP contribution in [0.2, 0.25) is 0 Å². The third kappa shape index (κ3) is 2.63. The summed E-state index contributed by atoms with van der Waals surface area (Å²) in [5, 5.41) is 23.8. The van der Waals surface area contributed by atoms with Gasteiger partial charge in [-0.2, -0.15) is 0 Å². The van der Waals surface area contributed by atoms with Gasteiger partial charge in [0.1, 0.15) is 6.33 Å². The van der Waals surface area contributed by atoms with Crippen molar-refractivity contribution in [2.45, 2.75) is 12.1 Å². The van der Waals surface area contributed by atoms with E-state index in [0.29, 0.717) is 18.7 Å². The maximum atomic E-state index is 12.4. The number of benzene rings is 1. The molecule has 2 heterocycles. The van der Waals surface area contributed by atoms with E-state index in [2.05, 4.69) is 20.8 Å². The number of β-amino-alcohol motifs (C(OH)–C–C–N with tert-alkyl or cyclic N) is 1. The molecular formula is C13H16N6O2. The molecule has 110 valence electrons. The molecule has 21 heavy (non-hydrogen) atoms. The van der Waals surface area contributed by atoms with E-state index in [1.54, 1.807) is 36.2 Å². The minimum absolute atomic E-state index is 0.119. The summed E-state index contributed by atoms with van der Waals surface area (Å²) < 4.78 is 1.52. The number of likely N-dealkylation sites (N-methyl/N-ethyl adjacent to an activating group) is 1. The lowest BCUT2D eigenvalue weighted by molar-refractivity contribution is 0.0581. The van der Waals surface area contributed by atoms with Gasteiger partial charge in [-0.3, -0.25) is 4.79 Å². The Balaban J connectivity index is 1.76. The lowest BCUT2D eigenvalue weighted by Crippen LogP contribution is -2.44. The third-order valence-electron chi connectivity index (χ3n) is 3.70. The predicted octanol–water partition coefficient (Wildman–Crippen LogP) is -0.933. The largest absolute Gasteiger partial charge is 0.390 e. The number of amides is 1. The van der Waals surface area contributed by atoms with Crippen LogP contribution in [0.15, 0.2) is 30.6 Å². The van der Waals surface area contributed by atoms with Crippen molar-refractivity contribution < 1.29 is 9.90 Å². The Hall–Kier alpha value is -2.32. The maximum absolute atomic E-state index is 12.4. The Morgan fingerprint density at radius 2 is 2.14 bits per heavy atom. The summed E-state index contributed by atoms with van der Waals surface area (Å²) in [4.78, 5) is 14.0. The Bertz CT molecular complexity index is 612. The van der Waals surface area contributed by atoms with Crippen LogP contribution in [0.4, 0.5) is 0 Å². The number of nitrogens with zero attached hydrogens (tertiary/aromatic N) is 5. The lowest BCUT2D eigenvalue weighted by atomic mass is 10.1. The average Bonchev–Trinajstić information content (AvgIpc) is 3.17. The first kappa shape index (κ1) is 13.7. The van der Waals surface area contributed by atoms with Gasteiger partial charge in [0.2, 0.25) is 0 Å². The predicted molar refractivity (Wildman–Crippen MR) is 73.9 cm³/mol. The summed E-state index contributed by atoms with van der Waals surface area (Å²) in [6, 6.07) is 6.81. The zero-order valence-corrected chi connectivity index (χ0v) is 11.5. The van der Waals surface area contributed by atoms with Crippen LogP contribution in [-0.2, 0) is 0 Å². The number of nitrogens with one attached hydrogen (secondary N) is 1. The number of aromatic nitrogens is 4. The van der Waals surface area contributed by atoms with E-state index in [1.165, 1.54) is 11.0 Å². The van der Waals surface area contributed by atoms with Crippen LogP contribution < -0.4 is 5.32 Å². The second-order valence-electron chi connectivity index (χ2n) is 5.01. The summed E-state index contributed by atoms with van der Waals surface area (Å²) in [5.74, 6) is -0.119. The minimum atomic E-state index is -0.528. The van der Waals surface area contributed by atoms with Crippen molar-refractivity contribution in [2.75, 3.05) is 20.1 Å². The lowest BCUT2D eigenvalue weighted by Gasteiger charge is -2.26. The van der Waals surface area contributed by atoms with Gasteiger partial charge in [0.05, 0.1) is 17.8 Å². The molecule has 1 fully saturated rings. The van der Waals surface area contributed by atoms with E-state index in [1.807, 2.05) is 0 Å². The van der Waals surface area contributed by atoms with E-state index in [9.17, 15) is 9.90 Å². The quantitative estimate of drug-likeness (QED) is 0.757. The minimum Gasteiger partial charge on any atom is -0.390 e. The molecule has 0 bridgehead atoms. The number of tetrazole rings is 1. The van der Waals surface area contributed by atoms with Crippen molar-refractivity contribution >= 4 is 5.91 Å². The molecule has 1 aromatic carbocycles. The van der Waals surface area contributed by atoms with Gasteiger partial charge in [-0.25, -0.2) is 4.68 Å². The number of aliphatic hydroxyl groups is 1. The molecule has 8 heteroatoms. The Morgan fingerprint density at radius 3 is 2.71 bits per heavy atom. The summed E-state index contributed by atoms with van der Waals surface area (Å²) >= 11 is 0. The molecule has 8 nitrogen and oxygen atoms in total. The first-order chi connectivity index (χ1) is 10.2. The van der Waals surface area contributed by atoms with Crippen molar-refractivity contribution in [3.63, 3.8) is 0 Å². The Kier molecular flexibility index (Phi) is 3.63. The second kappa shape index (κ2) is 5.58. The molecule has 0 radical (unpaired) electrons. The van der Waals surface area contributed by atoms with E-state index in [-0.39, 0.29) is 11.9 Å². The van der Waals surface area contributed by atoms with Crippen molar-refractivity contribution in [1.82, 2.24) is 30.4 Å². The number of rotatable bonds is 3. The standard InChI is InChI=1S/C13H16N6O2/c1-18(11-6-14-7-12(11)20)13(21)9-2-4-10(5-3-9)19-8-15-16-17-19/h2-5,8,11-12,14,20H,6-7H2,1H3/t11-,12-/m0/s1. The SMILES string of the molecule is CN(C(=O)c1ccc(-n2cnnn2)cc1)[C@H]1CNC[C@@H]1O. The molecule has 3 rings (SSSR count). The molecule has 2 N–H and O–H groups in total. The van der Waals surface area contributed by atoms with Gasteiger partial charge in [-0.15, -0.1) is 5.10 Å². The number of carbonyl (C=O) groups is 1. The second-order valence-corrected chi connectivity index (χ2v) is 5.01. The van der Waals surface area contributed by atoms with E-state index >= 15 is 0 Å². The summed E-state index contributed by atoms with van der Waals surface area (Å²) in [7, 11) is 1.71. The number of aliphatic hydroxyl groups excluding tert-OH is 1. The van der Waals surface area contributed by atoms with Gasteiger partial charge in [-0.05, 0) is 34.7 Å². The van der Waals surface area contributed by atoms with Gasteiger partial charge in [0, 0.05) is 25.7 Å². The molecule has 1 saturated heterocycles. The van der Waals surface area contributed by atoms with Crippen LogP contribution in [-0.4, -0.2) is 68.4 Å². The fourth-order valence-electron chi connectivity index (χ4n) is 2.44. The first-order valence-corrected chi connectivity index (χ1v) is 6.66. The van der Waals surface area contributed by atoms with E-state index in [4.69, 9.17) is 0 Å². The highest BCUT2D eigenvalue weighted by atomic mass is 16.3. The molecule has 2 aromatic rings. The molecule has 1 aliphatic heterocycles. The molecule has 1 amide bonds. The van der Waals surface area contributed by atoms with E-state index in [0.717, 1.165) is 5.69 Å². The van der Waals surface area contributed by atoms with Crippen LogP contribution in [0.3, 0.4) is 0 Å². The van der Waals surface area contributed by atoms with Gasteiger partial charge >= 0.3 is 0 Å². The number of carbonyl (C=O) groups excluding carboxylic acids is 1. The molecular weight excluding hydrogens is 272 g/mol. The highest BCUT2D eigenvalue weighted by Gasteiger charge is 2.31. The highest BCUT2D eigenvalue weighted by Crippen LogP contribution is 2.14. The fourth-order valence-corrected chi connectivity index (χ4v) is 2.44. The molecule has 0 spiro atoms. The van der Waals surface area contributed by atoms with Crippen LogP contribution >= 0.6 is 0 Å². The topological polar surface area (TPSA) is 96.2 Å². The molecule has 2 atom stereocenters. The van der Waals surface area contributed by atoms with Crippen molar-refractivity contribution in [1.29, 1.82) is 0 Å². The van der Waals surface area contributed by atoms with Crippen LogP contribution in [0.1, 0.15) is 10.4 Å². The maximum Gasteiger partial charge on any atom is 0.253 e. The smallest absolute Gasteiger partial charge is 0.253 e. The zero-order valence-electron chi connectivity index (χ0n) is 11.5. The van der Waals surface area contributed by atoms with Crippen LogP contribution in [0.25, 0.3) is 5.69 Å². The first-order valence-electron chi connectivity index (χ1n) is 6.66. The monoisotopic (exact) mass is 288 g/mol. The van der Waals surface area contributed by atoms with E-state index < -0.39 is 6.10 Å². The summed E-state index contributed by atoms with van der Waals surface area (Å²) in [5.41, 5.74) is 1.34. The Morgan fingerprint density at radius 1 is 1.38 bits per heavy atom.